The lowest BCUT2D eigenvalue weighted by molar-refractivity contribution is 0.0713. The molecule has 2 N–H and O–H groups in total. The molecule has 0 unspecified atom stereocenters. The molecule has 4 nitrogen and oxygen atoms in total. The summed E-state index contributed by atoms with van der Waals surface area (Å²) in [4.78, 5) is 19.1. The second-order valence-electron chi connectivity index (χ2n) is 5.21. The molecule has 1 heterocycles. The molecule has 2 rings (SSSR count). The Hall–Kier alpha value is -1.94. The summed E-state index contributed by atoms with van der Waals surface area (Å²) in [6.07, 6.45) is 0. The Balaban J connectivity index is 2.53. The van der Waals surface area contributed by atoms with Gasteiger partial charge in [-0.15, -0.1) is 0 Å². The standard InChI is InChI=1S/C16H21N3O/c1-11(2)19(9-8-17)16(20)14-10-12(3)18-15-7-5-4-6-13(14)15/h4-7,10-11H,8-9,17H2,1-3H3. The molecule has 4 heteroatoms. The summed E-state index contributed by atoms with van der Waals surface area (Å²) in [6, 6.07) is 9.72. The van der Waals surface area contributed by atoms with Gasteiger partial charge in [0.1, 0.15) is 0 Å². The van der Waals surface area contributed by atoms with E-state index in [1.807, 2.05) is 51.1 Å². The lowest BCUT2D eigenvalue weighted by Crippen LogP contribution is -2.40. The Morgan fingerprint density at radius 3 is 2.70 bits per heavy atom. The Kier molecular flexibility index (Phi) is 4.35. The van der Waals surface area contributed by atoms with E-state index in [-0.39, 0.29) is 11.9 Å². The number of aromatic nitrogens is 1. The van der Waals surface area contributed by atoms with Gasteiger partial charge >= 0.3 is 0 Å². The second-order valence-corrected chi connectivity index (χ2v) is 5.21. The average Bonchev–Trinajstić information content (AvgIpc) is 2.42. The number of amides is 1. The van der Waals surface area contributed by atoms with Crippen molar-refractivity contribution in [1.29, 1.82) is 0 Å². The van der Waals surface area contributed by atoms with E-state index >= 15 is 0 Å². The molecule has 0 bridgehead atoms. The zero-order valence-electron chi connectivity index (χ0n) is 12.3. The summed E-state index contributed by atoms with van der Waals surface area (Å²) in [5.74, 6) is 0.0205. The molecule has 2 aromatic rings. The number of para-hydroxylation sites is 1. The number of fused-ring (bicyclic) bond motifs is 1. The molecule has 1 amide bonds. The first-order valence-electron chi connectivity index (χ1n) is 6.92. The lowest BCUT2D eigenvalue weighted by Gasteiger charge is -2.26. The van der Waals surface area contributed by atoms with E-state index in [2.05, 4.69) is 4.98 Å². The summed E-state index contributed by atoms with van der Waals surface area (Å²) in [7, 11) is 0. The highest BCUT2D eigenvalue weighted by Gasteiger charge is 2.20. The number of hydrogen-bond donors (Lipinski definition) is 1. The van der Waals surface area contributed by atoms with Crippen LogP contribution in [0.15, 0.2) is 30.3 Å². The van der Waals surface area contributed by atoms with Crippen molar-refractivity contribution in [2.45, 2.75) is 26.8 Å². The third-order valence-electron chi connectivity index (χ3n) is 3.33. The highest BCUT2D eigenvalue weighted by atomic mass is 16.2. The van der Waals surface area contributed by atoms with E-state index in [4.69, 9.17) is 5.73 Å². The summed E-state index contributed by atoms with van der Waals surface area (Å²) in [5.41, 5.74) is 8.03. The fraction of sp³-hybridized carbons (Fsp3) is 0.375. The van der Waals surface area contributed by atoms with Crippen molar-refractivity contribution >= 4 is 16.8 Å². The van der Waals surface area contributed by atoms with Gasteiger partial charge in [-0.1, -0.05) is 18.2 Å². The van der Waals surface area contributed by atoms with Gasteiger partial charge in [-0.25, -0.2) is 0 Å². The SMILES string of the molecule is Cc1cc(C(=O)N(CCN)C(C)C)c2ccccc2n1. The summed E-state index contributed by atoms with van der Waals surface area (Å²) >= 11 is 0. The van der Waals surface area contributed by atoms with Gasteiger partial charge in [0, 0.05) is 30.2 Å². The van der Waals surface area contributed by atoms with Crippen LogP contribution in [0.4, 0.5) is 0 Å². The number of hydrogen-bond acceptors (Lipinski definition) is 3. The van der Waals surface area contributed by atoms with E-state index in [0.29, 0.717) is 18.7 Å². The van der Waals surface area contributed by atoms with Crippen LogP contribution in [0.3, 0.4) is 0 Å². The molecule has 0 aliphatic carbocycles. The molecule has 0 fully saturated rings. The third-order valence-corrected chi connectivity index (χ3v) is 3.33. The Labute approximate surface area is 119 Å². The zero-order valence-corrected chi connectivity index (χ0v) is 12.3. The fourth-order valence-corrected chi connectivity index (χ4v) is 2.37. The van der Waals surface area contributed by atoms with Gasteiger partial charge < -0.3 is 10.6 Å². The minimum absolute atomic E-state index is 0.0205. The lowest BCUT2D eigenvalue weighted by atomic mass is 10.1. The first-order chi connectivity index (χ1) is 9.54. The zero-order chi connectivity index (χ0) is 14.7. The molecule has 0 saturated carbocycles. The quantitative estimate of drug-likeness (QED) is 0.928. The van der Waals surface area contributed by atoms with Crippen LogP contribution in [-0.4, -0.2) is 34.9 Å². The van der Waals surface area contributed by atoms with E-state index in [1.54, 1.807) is 4.90 Å². The predicted octanol–water partition coefficient (Wildman–Crippen LogP) is 2.35. The van der Waals surface area contributed by atoms with Gasteiger partial charge in [0.15, 0.2) is 0 Å². The number of rotatable bonds is 4. The monoisotopic (exact) mass is 271 g/mol. The maximum absolute atomic E-state index is 12.8. The van der Waals surface area contributed by atoms with E-state index < -0.39 is 0 Å². The fourth-order valence-electron chi connectivity index (χ4n) is 2.37. The smallest absolute Gasteiger partial charge is 0.254 e. The molecule has 0 aliphatic heterocycles. The number of carbonyl (C=O) groups excluding carboxylic acids is 1. The van der Waals surface area contributed by atoms with Crippen molar-refractivity contribution in [3.05, 3.63) is 41.6 Å². The largest absolute Gasteiger partial charge is 0.335 e. The van der Waals surface area contributed by atoms with Crippen LogP contribution in [0.5, 0.6) is 0 Å². The van der Waals surface area contributed by atoms with Gasteiger partial charge in [-0.2, -0.15) is 0 Å². The van der Waals surface area contributed by atoms with Gasteiger partial charge in [-0.05, 0) is 32.9 Å². The number of nitrogens with two attached hydrogens (primary N) is 1. The van der Waals surface area contributed by atoms with Crippen LogP contribution in [0, 0.1) is 6.92 Å². The molecule has 0 atom stereocenters. The van der Waals surface area contributed by atoms with Crippen LogP contribution >= 0.6 is 0 Å². The number of nitrogens with zero attached hydrogens (tertiary/aromatic N) is 2. The maximum Gasteiger partial charge on any atom is 0.254 e. The molecule has 0 saturated heterocycles. The van der Waals surface area contributed by atoms with Crippen molar-refractivity contribution in [2.75, 3.05) is 13.1 Å². The number of aryl methyl sites for hydroxylation is 1. The summed E-state index contributed by atoms with van der Waals surface area (Å²) in [6.45, 7) is 6.94. The number of pyridine rings is 1. The summed E-state index contributed by atoms with van der Waals surface area (Å²) in [5, 5.41) is 0.894. The van der Waals surface area contributed by atoms with Crippen LogP contribution in [0.1, 0.15) is 29.9 Å². The Morgan fingerprint density at radius 2 is 2.05 bits per heavy atom. The average molecular weight is 271 g/mol. The Morgan fingerprint density at radius 1 is 1.35 bits per heavy atom. The maximum atomic E-state index is 12.8. The van der Waals surface area contributed by atoms with Crippen molar-refractivity contribution in [3.8, 4) is 0 Å². The topological polar surface area (TPSA) is 59.2 Å². The number of carbonyl (C=O) groups is 1. The minimum atomic E-state index is 0.0205. The molecule has 1 aromatic heterocycles. The molecule has 1 aromatic carbocycles. The van der Waals surface area contributed by atoms with E-state index in [9.17, 15) is 4.79 Å². The van der Waals surface area contributed by atoms with Gasteiger partial charge in [0.25, 0.3) is 5.91 Å². The van der Waals surface area contributed by atoms with Gasteiger partial charge in [-0.3, -0.25) is 9.78 Å². The van der Waals surface area contributed by atoms with Crippen LogP contribution in [-0.2, 0) is 0 Å². The normalized spacial score (nSPS) is 11.1. The van der Waals surface area contributed by atoms with Crippen molar-refractivity contribution in [1.82, 2.24) is 9.88 Å². The van der Waals surface area contributed by atoms with Crippen LogP contribution < -0.4 is 5.73 Å². The molecular formula is C16H21N3O. The highest BCUT2D eigenvalue weighted by Crippen LogP contribution is 2.20. The van der Waals surface area contributed by atoms with Crippen molar-refractivity contribution < 1.29 is 4.79 Å². The molecule has 106 valence electrons. The first kappa shape index (κ1) is 14.5. The van der Waals surface area contributed by atoms with Gasteiger partial charge in [0.05, 0.1) is 11.1 Å². The van der Waals surface area contributed by atoms with Crippen LogP contribution in [0.2, 0.25) is 0 Å². The van der Waals surface area contributed by atoms with Crippen molar-refractivity contribution in [3.63, 3.8) is 0 Å². The number of benzene rings is 1. The van der Waals surface area contributed by atoms with E-state index in [1.165, 1.54) is 0 Å². The molecule has 0 aliphatic rings. The van der Waals surface area contributed by atoms with Gasteiger partial charge in [0.2, 0.25) is 0 Å². The molecule has 0 spiro atoms. The molecule has 0 radical (unpaired) electrons. The second kappa shape index (κ2) is 6.01. The molecular weight excluding hydrogens is 250 g/mol. The first-order valence-corrected chi connectivity index (χ1v) is 6.92. The van der Waals surface area contributed by atoms with Crippen LogP contribution in [0.25, 0.3) is 10.9 Å². The predicted molar refractivity (Wildman–Crippen MR) is 81.7 cm³/mol. The summed E-state index contributed by atoms with van der Waals surface area (Å²) < 4.78 is 0. The Bertz CT molecular complexity index is 622. The molecule has 20 heavy (non-hydrogen) atoms. The minimum Gasteiger partial charge on any atom is -0.335 e. The highest BCUT2D eigenvalue weighted by molar-refractivity contribution is 6.06. The van der Waals surface area contributed by atoms with E-state index in [0.717, 1.165) is 16.6 Å². The third kappa shape index (κ3) is 2.80. The van der Waals surface area contributed by atoms with Crippen molar-refractivity contribution in [2.24, 2.45) is 5.73 Å².